The summed E-state index contributed by atoms with van der Waals surface area (Å²) in [6.45, 7) is 4.12. The van der Waals surface area contributed by atoms with Gasteiger partial charge in [0, 0.05) is 24.0 Å². The lowest BCUT2D eigenvalue weighted by molar-refractivity contribution is 0.0325. The zero-order valence-corrected chi connectivity index (χ0v) is 19.5. The third kappa shape index (κ3) is 4.14. The number of hydrogen-bond donors (Lipinski definition) is 0. The molecule has 3 aromatic carbocycles. The van der Waals surface area contributed by atoms with Crippen LogP contribution < -0.4 is 5.56 Å². The summed E-state index contributed by atoms with van der Waals surface area (Å²) in [6, 6.07) is 22.3. The molecule has 0 amide bonds. The Bertz CT molecular complexity index is 1540. The van der Waals surface area contributed by atoms with E-state index in [1.165, 1.54) is 10.8 Å². The molecule has 6 rings (SSSR count). The van der Waals surface area contributed by atoms with Crippen LogP contribution in [0.4, 0.5) is 0 Å². The van der Waals surface area contributed by atoms with E-state index >= 15 is 0 Å². The fraction of sp³-hybridized carbons (Fsp3) is 0.222. The van der Waals surface area contributed by atoms with Crippen molar-refractivity contribution in [3.05, 3.63) is 93.3 Å². The quantitative estimate of drug-likeness (QED) is 0.379. The fourth-order valence-corrected chi connectivity index (χ4v) is 5.25. The zero-order chi connectivity index (χ0) is 22.9. The highest BCUT2D eigenvalue weighted by Gasteiger charge is 2.18. The van der Waals surface area contributed by atoms with Crippen LogP contribution in [0.2, 0.25) is 0 Å². The van der Waals surface area contributed by atoms with Crippen LogP contribution in [0.1, 0.15) is 10.8 Å². The van der Waals surface area contributed by atoms with E-state index in [1.54, 1.807) is 15.9 Å². The molecule has 5 aromatic rings. The number of benzene rings is 3. The van der Waals surface area contributed by atoms with Crippen molar-refractivity contribution in [2.45, 2.75) is 13.1 Å². The number of fused-ring (bicyclic) bond motifs is 2. The van der Waals surface area contributed by atoms with Crippen LogP contribution in [-0.4, -0.2) is 45.7 Å². The van der Waals surface area contributed by atoms with Gasteiger partial charge in [-0.05, 0) is 29.0 Å². The van der Waals surface area contributed by atoms with Gasteiger partial charge in [0.1, 0.15) is 10.8 Å². The average molecular weight is 469 g/mol. The summed E-state index contributed by atoms with van der Waals surface area (Å²) in [7, 11) is 0. The fourth-order valence-electron chi connectivity index (χ4n) is 4.46. The van der Waals surface area contributed by atoms with Crippen molar-refractivity contribution in [2.75, 3.05) is 26.3 Å². The molecule has 34 heavy (non-hydrogen) atoms. The van der Waals surface area contributed by atoms with Gasteiger partial charge in [-0.25, -0.2) is 9.97 Å². The first-order valence-electron chi connectivity index (χ1n) is 11.5. The van der Waals surface area contributed by atoms with Gasteiger partial charge in [-0.15, -0.1) is 11.3 Å². The van der Waals surface area contributed by atoms with Gasteiger partial charge in [0.2, 0.25) is 0 Å². The molecule has 6 nitrogen and oxygen atoms in total. The second kappa shape index (κ2) is 9.10. The van der Waals surface area contributed by atoms with Crippen LogP contribution >= 0.6 is 11.3 Å². The number of para-hydroxylation sites is 1. The van der Waals surface area contributed by atoms with Crippen molar-refractivity contribution in [3.63, 3.8) is 0 Å². The summed E-state index contributed by atoms with van der Waals surface area (Å²) in [6.07, 6.45) is 0. The molecule has 3 heterocycles. The summed E-state index contributed by atoms with van der Waals surface area (Å²) in [5.41, 5.74) is 2.74. The Labute approximate surface area is 201 Å². The first kappa shape index (κ1) is 21.2. The Morgan fingerprint density at radius 3 is 2.56 bits per heavy atom. The predicted molar refractivity (Wildman–Crippen MR) is 136 cm³/mol. The Hall–Kier alpha value is -3.39. The number of morpholine rings is 1. The molecule has 2 aromatic heterocycles. The molecule has 1 fully saturated rings. The van der Waals surface area contributed by atoms with Crippen molar-refractivity contribution in [3.8, 4) is 11.3 Å². The monoisotopic (exact) mass is 468 g/mol. The maximum Gasteiger partial charge on any atom is 0.261 e. The van der Waals surface area contributed by atoms with E-state index in [0.29, 0.717) is 31.7 Å². The normalized spacial score (nSPS) is 14.7. The van der Waals surface area contributed by atoms with E-state index in [2.05, 4.69) is 40.6 Å². The van der Waals surface area contributed by atoms with Crippen molar-refractivity contribution >= 4 is 33.0 Å². The van der Waals surface area contributed by atoms with Gasteiger partial charge in [-0.3, -0.25) is 14.3 Å². The largest absolute Gasteiger partial charge is 0.379 e. The van der Waals surface area contributed by atoms with E-state index in [1.807, 2.05) is 36.4 Å². The lowest BCUT2D eigenvalue weighted by Gasteiger charge is -2.27. The molecule has 1 aliphatic heterocycles. The van der Waals surface area contributed by atoms with Crippen molar-refractivity contribution in [1.82, 2.24) is 19.4 Å². The van der Waals surface area contributed by atoms with Gasteiger partial charge in [0.15, 0.2) is 0 Å². The molecule has 0 spiro atoms. The highest BCUT2D eigenvalue weighted by atomic mass is 32.1. The lowest BCUT2D eigenvalue weighted by atomic mass is 10.1. The van der Waals surface area contributed by atoms with E-state index in [9.17, 15) is 4.79 Å². The highest BCUT2D eigenvalue weighted by molar-refractivity contribution is 7.09. The first-order valence-corrected chi connectivity index (χ1v) is 12.3. The summed E-state index contributed by atoms with van der Waals surface area (Å²) >= 11 is 1.58. The zero-order valence-electron chi connectivity index (χ0n) is 18.7. The minimum atomic E-state index is -0.0173. The molecule has 7 heteroatoms. The van der Waals surface area contributed by atoms with Gasteiger partial charge in [0.05, 0.1) is 42.9 Å². The smallest absolute Gasteiger partial charge is 0.261 e. The summed E-state index contributed by atoms with van der Waals surface area (Å²) < 4.78 is 7.28. The summed E-state index contributed by atoms with van der Waals surface area (Å²) in [4.78, 5) is 25.5. The third-order valence-electron chi connectivity index (χ3n) is 6.30. The molecular formula is C27H24N4O2S. The van der Waals surface area contributed by atoms with E-state index in [4.69, 9.17) is 14.7 Å². The number of rotatable bonds is 5. The molecule has 0 aliphatic carbocycles. The third-order valence-corrected chi connectivity index (χ3v) is 7.13. The molecule has 170 valence electrons. The van der Waals surface area contributed by atoms with Crippen LogP contribution in [0, 0.1) is 0 Å². The lowest BCUT2D eigenvalue weighted by Crippen LogP contribution is -2.38. The summed E-state index contributed by atoms with van der Waals surface area (Å²) in [5, 5.41) is 6.01. The first-order chi connectivity index (χ1) is 16.7. The van der Waals surface area contributed by atoms with E-state index in [0.717, 1.165) is 40.7 Å². The predicted octanol–water partition coefficient (Wildman–Crippen LogP) is 4.55. The van der Waals surface area contributed by atoms with Crippen LogP contribution in [0.3, 0.4) is 0 Å². The molecule has 0 N–H and O–H groups in total. The highest BCUT2D eigenvalue weighted by Crippen LogP contribution is 2.26. The molecule has 0 saturated carbocycles. The van der Waals surface area contributed by atoms with Gasteiger partial charge in [0.25, 0.3) is 5.56 Å². The second-order valence-electron chi connectivity index (χ2n) is 8.51. The van der Waals surface area contributed by atoms with Crippen LogP contribution in [0.15, 0.2) is 76.9 Å². The average Bonchev–Trinajstić information content (AvgIpc) is 3.35. The topological polar surface area (TPSA) is 60.3 Å². The Morgan fingerprint density at radius 2 is 1.68 bits per heavy atom. The molecule has 1 saturated heterocycles. The minimum absolute atomic E-state index is 0.0173. The Balaban J connectivity index is 1.36. The number of aromatic nitrogens is 3. The Morgan fingerprint density at radius 1 is 0.882 bits per heavy atom. The van der Waals surface area contributed by atoms with Crippen LogP contribution in [-0.2, 0) is 17.8 Å². The number of hydrogen-bond acceptors (Lipinski definition) is 6. The molecule has 0 atom stereocenters. The van der Waals surface area contributed by atoms with Gasteiger partial charge < -0.3 is 4.74 Å². The van der Waals surface area contributed by atoms with E-state index < -0.39 is 0 Å². The molecular weight excluding hydrogens is 444 g/mol. The van der Waals surface area contributed by atoms with Gasteiger partial charge in [-0.1, -0.05) is 48.5 Å². The summed E-state index contributed by atoms with van der Waals surface area (Å²) in [5.74, 6) is 0.771. The standard InChI is InChI=1S/C27H24N4O2S/c32-27-22-7-3-4-8-23(22)28-25(16-30-11-13-33-14-12-30)31(27)17-26-29-24(18-34-26)21-10-9-19-5-1-2-6-20(19)15-21/h1-10,15,18H,11-14,16-17H2. The van der Waals surface area contributed by atoms with Crippen molar-refractivity contribution in [2.24, 2.45) is 0 Å². The maximum absolute atomic E-state index is 13.5. The molecule has 0 radical (unpaired) electrons. The SMILES string of the molecule is O=c1c2ccccc2nc(CN2CCOCC2)n1Cc1nc(-c2ccc3ccccc3c2)cs1. The van der Waals surface area contributed by atoms with Crippen molar-refractivity contribution in [1.29, 1.82) is 0 Å². The molecule has 0 unspecified atom stereocenters. The molecule has 0 bridgehead atoms. The van der Waals surface area contributed by atoms with Crippen molar-refractivity contribution < 1.29 is 4.74 Å². The second-order valence-corrected chi connectivity index (χ2v) is 9.46. The van der Waals surface area contributed by atoms with E-state index in [-0.39, 0.29) is 5.56 Å². The van der Waals surface area contributed by atoms with Crippen LogP contribution in [0.5, 0.6) is 0 Å². The Kier molecular flexibility index (Phi) is 5.66. The molecule has 1 aliphatic rings. The number of thiazole rings is 1. The minimum Gasteiger partial charge on any atom is -0.379 e. The van der Waals surface area contributed by atoms with Gasteiger partial charge >= 0.3 is 0 Å². The number of nitrogens with zero attached hydrogens (tertiary/aromatic N) is 4. The number of ether oxygens (including phenoxy) is 1. The van der Waals surface area contributed by atoms with Crippen LogP contribution in [0.25, 0.3) is 32.9 Å². The van der Waals surface area contributed by atoms with Gasteiger partial charge in [-0.2, -0.15) is 0 Å². The maximum atomic E-state index is 13.5.